The van der Waals surface area contributed by atoms with Gasteiger partial charge in [-0.15, -0.1) is 0 Å². The molecular weight excluding hydrogens is 619 g/mol. The molecule has 0 unspecified atom stereocenters. The fourth-order valence-electron chi connectivity index (χ4n) is 7.79. The Morgan fingerprint density at radius 2 is 1.14 bits per heavy atom. The highest BCUT2D eigenvalue weighted by atomic mass is 16.1. The molecule has 0 spiro atoms. The van der Waals surface area contributed by atoms with Crippen molar-refractivity contribution in [2.75, 3.05) is 0 Å². The van der Waals surface area contributed by atoms with Crippen molar-refractivity contribution in [1.29, 1.82) is 0 Å². The maximum atomic E-state index is 13.8. The molecule has 9 rings (SSSR count). The maximum Gasteiger partial charge on any atom is 0.263 e. The van der Waals surface area contributed by atoms with E-state index in [1.807, 2.05) is 77.4 Å². The largest absolute Gasteiger partial charge is 0.276 e. The van der Waals surface area contributed by atoms with Crippen LogP contribution in [-0.4, -0.2) is 4.57 Å². The molecule has 0 N–H and O–H groups in total. The minimum atomic E-state index is -0.0120. The van der Waals surface area contributed by atoms with Gasteiger partial charge in [-0.3, -0.25) is 9.36 Å². The summed E-state index contributed by atoms with van der Waals surface area (Å²) in [6, 6.07) is 55.2. The Labute approximate surface area is 296 Å². The van der Waals surface area contributed by atoms with Crippen LogP contribution in [0.1, 0.15) is 5.56 Å². The van der Waals surface area contributed by atoms with Crippen LogP contribution in [0.15, 0.2) is 194 Å². The molecule has 0 saturated heterocycles. The second kappa shape index (κ2) is 12.3. The molecule has 0 aliphatic carbocycles. The van der Waals surface area contributed by atoms with Crippen molar-refractivity contribution >= 4 is 59.6 Å². The highest BCUT2D eigenvalue weighted by Gasteiger charge is 2.16. The topological polar surface area (TPSA) is 22.0 Å². The van der Waals surface area contributed by atoms with Gasteiger partial charge in [0.2, 0.25) is 0 Å². The Hall–Kier alpha value is -6.77. The lowest BCUT2D eigenvalue weighted by molar-refractivity contribution is 1.06. The summed E-state index contributed by atoms with van der Waals surface area (Å²) < 4.78 is 1.83. The summed E-state index contributed by atoms with van der Waals surface area (Å²) in [5.41, 5.74) is 8.55. The standard InChI is InChI=1S/C49H33NO/c1-3-13-32(4-2)38-20-12-21-40-42(38)27-28-43-45(40)31-36-14-8-9-17-39(36)48(43)34-24-22-33(23-25-34)35-26-29-47-46(30-35)41-18-10-11-19-44(41)49(51)50(47)37-15-6-5-7-16-37/h3-31H,1-2H2/b32-13+. The first-order valence-corrected chi connectivity index (χ1v) is 17.2. The molecule has 0 aliphatic heterocycles. The SMILES string of the molecule is C=C/C=C(\C=C)c1cccc2c1ccc1c(-c3ccc(-c4ccc5c(c4)c4ccccc4c(=O)n5-c4ccccc4)cc3)c3ccccc3cc12. The van der Waals surface area contributed by atoms with Gasteiger partial charge in [0.05, 0.1) is 5.52 Å². The first-order chi connectivity index (χ1) is 25.1. The van der Waals surface area contributed by atoms with Gasteiger partial charge in [0.15, 0.2) is 0 Å². The number of pyridine rings is 1. The second-order valence-electron chi connectivity index (χ2n) is 12.9. The summed E-state index contributed by atoms with van der Waals surface area (Å²) in [5, 5.41) is 9.99. The van der Waals surface area contributed by atoms with E-state index in [1.165, 1.54) is 43.4 Å². The van der Waals surface area contributed by atoms with Crippen molar-refractivity contribution in [2.24, 2.45) is 0 Å². The molecule has 9 aromatic rings. The van der Waals surface area contributed by atoms with E-state index in [9.17, 15) is 4.79 Å². The highest BCUT2D eigenvalue weighted by molar-refractivity contribution is 6.21. The van der Waals surface area contributed by atoms with Crippen LogP contribution >= 0.6 is 0 Å². The predicted octanol–water partition coefficient (Wildman–Crippen LogP) is 12.7. The zero-order chi connectivity index (χ0) is 34.5. The fourth-order valence-corrected chi connectivity index (χ4v) is 7.79. The van der Waals surface area contributed by atoms with E-state index in [0.717, 1.165) is 44.2 Å². The van der Waals surface area contributed by atoms with Gasteiger partial charge in [-0.2, -0.15) is 0 Å². The summed E-state index contributed by atoms with van der Waals surface area (Å²) >= 11 is 0. The average Bonchev–Trinajstić information content (AvgIpc) is 3.19. The molecule has 0 bridgehead atoms. The molecule has 0 amide bonds. The number of hydrogen-bond acceptors (Lipinski definition) is 1. The molecule has 0 atom stereocenters. The highest BCUT2D eigenvalue weighted by Crippen LogP contribution is 2.41. The number of para-hydroxylation sites is 1. The Morgan fingerprint density at radius 1 is 0.490 bits per heavy atom. The quantitative estimate of drug-likeness (QED) is 0.0996. The molecule has 0 radical (unpaired) electrons. The van der Waals surface area contributed by atoms with Gasteiger partial charge < -0.3 is 0 Å². The van der Waals surface area contributed by atoms with Gasteiger partial charge in [-0.1, -0.05) is 153 Å². The average molecular weight is 652 g/mol. The van der Waals surface area contributed by atoms with E-state index in [4.69, 9.17) is 0 Å². The van der Waals surface area contributed by atoms with E-state index < -0.39 is 0 Å². The van der Waals surface area contributed by atoms with Gasteiger partial charge in [0.25, 0.3) is 5.56 Å². The Bertz CT molecular complexity index is 2950. The van der Waals surface area contributed by atoms with Gasteiger partial charge in [-0.05, 0) is 107 Å². The maximum absolute atomic E-state index is 13.8. The van der Waals surface area contributed by atoms with Gasteiger partial charge >= 0.3 is 0 Å². The normalized spacial score (nSPS) is 11.9. The lowest BCUT2D eigenvalue weighted by Crippen LogP contribution is -2.19. The first kappa shape index (κ1) is 30.3. The molecule has 240 valence electrons. The van der Waals surface area contributed by atoms with Crippen molar-refractivity contribution in [3.8, 4) is 27.9 Å². The first-order valence-electron chi connectivity index (χ1n) is 17.2. The summed E-state index contributed by atoms with van der Waals surface area (Å²) in [6.07, 6.45) is 5.73. The predicted molar refractivity (Wildman–Crippen MR) is 219 cm³/mol. The lowest BCUT2D eigenvalue weighted by Gasteiger charge is -2.16. The molecule has 1 heterocycles. The Morgan fingerprint density at radius 3 is 1.92 bits per heavy atom. The van der Waals surface area contributed by atoms with Crippen LogP contribution in [0.3, 0.4) is 0 Å². The van der Waals surface area contributed by atoms with Crippen molar-refractivity contribution < 1.29 is 0 Å². The van der Waals surface area contributed by atoms with Crippen LogP contribution in [0, 0.1) is 0 Å². The third-order valence-corrected chi connectivity index (χ3v) is 10.1. The molecule has 2 nitrogen and oxygen atoms in total. The number of hydrogen-bond donors (Lipinski definition) is 0. The van der Waals surface area contributed by atoms with Crippen LogP contribution in [0.5, 0.6) is 0 Å². The molecule has 8 aromatic carbocycles. The molecule has 2 heteroatoms. The minimum absolute atomic E-state index is 0.0120. The number of aromatic nitrogens is 1. The van der Waals surface area contributed by atoms with Crippen molar-refractivity contribution in [3.05, 3.63) is 205 Å². The molecule has 1 aromatic heterocycles. The van der Waals surface area contributed by atoms with E-state index in [0.29, 0.717) is 5.39 Å². The monoisotopic (exact) mass is 651 g/mol. The van der Waals surface area contributed by atoms with E-state index in [-0.39, 0.29) is 5.56 Å². The molecule has 51 heavy (non-hydrogen) atoms. The number of nitrogens with zero attached hydrogens (tertiary/aromatic N) is 1. The smallest absolute Gasteiger partial charge is 0.263 e. The van der Waals surface area contributed by atoms with Crippen molar-refractivity contribution in [2.45, 2.75) is 0 Å². The Balaban J connectivity index is 1.22. The van der Waals surface area contributed by atoms with E-state index in [1.54, 1.807) is 0 Å². The van der Waals surface area contributed by atoms with E-state index >= 15 is 0 Å². The third-order valence-electron chi connectivity index (χ3n) is 10.1. The summed E-state index contributed by atoms with van der Waals surface area (Å²) in [7, 11) is 0. The summed E-state index contributed by atoms with van der Waals surface area (Å²) in [6.45, 7) is 7.98. The van der Waals surface area contributed by atoms with Crippen LogP contribution in [0.25, 0.3) is 87.5 Å². The second-order valence-corrected chi connectivity index (χ2v) is 12.9. The zero-order valence-electron chi connectivity index (χ0n) is 28.0. The number of allylic oxidation sites excluding steroid dienone is 4. The molecular formula is C49H33NO. The Kier molecular flexibility index (Phi) is 7.30. The summed E-state index contributed by atoms with van der Waals surface area (Å²) in [5.74, 6) is 0. The molecule has 0 fully saturated rings. The minimum Gasteiger partial charge on any atom is -0.276 e. The van der Waals surface area contributed by atoms with Gasteiger partial charge in [0.1, 0.15) is 0 Å². The zero-order valence-corrected chi connectivity index (χ0v) is 28.0. The van der Waals surface area contributed by atoms with Crippen molar-refractivity contribution in [1.82, 2.24) is 4.57 Å². The molecule has 0 saturated carbocycles. The van der Waals surface area contributed by atoms with E-state index in [2.05, 4.69) is 116 Å². The lowest BCUT2D eigenvalue weighted by atomic mass is 9.87. The number of benzene rings is 8. The van der Waals surface area contributed by atoms with Crippen molar-refractivity contribution in [3.63, 3.8) is 0 Å². The van der Waals surface area contributed by atoms with Gasteiger partial charge in [0, 0.05) is 16.5 Å². The van der Waals surface area contributed by atoms with Crippen LogP contribution < -0.4 is 5.56 Å². The fraction of sp³-hybridized carbons (Fsp3) is 0. The number of rotatable bonds is 6. The number of fused-ring (bicyclic) bond motifs is 7. The molecule has 0 aliphatic rings. The van der Waals surface area contributed by atoms with Crippen LogP contribution in [0.4, 0.5) is 0 Å². The third kappa shape index (κ3) is 4.92. The van der Waals surface area contributed by atoms with Crippen LogP contribution in [-0.2, 0) is 0 Å². The van der Waals surface area contributed by atoms with Gasteiger partial charge in [-0.25, -0.2) is 0 Å². The van der Waals surface area contributed by atoms with Crippen LogP contribution in [0.2, 0.25) is 0 Å². The summed E-state index contributed by atoms with van der Waals surface area (Å²) in [4.78, 5) is 13.8.